The van der Waals surface area contributed by atoms with Crippen LogP contribution in [0.2, 0.25) is 0 Å². The van der Waals surface area contributed by atoms with Gasteiger partial charge in [0.15, 0.2) is 0 Å². The van der Waals surface area contributed by atoms with Crippen molar-refractivity contribution in [2.75, 3.05) is 0 Å². The molecule has 0 aliphatic heterocycles. The van der Waals surface area contributed by atoms with Crippen LogP contribution in [-0.2, 0) is 6.42 Å². The number of pyridine rings is 1. The predicted molar refractivity (Wildman–Crippen MR) is 75.4 cm³/mol. The van der Waals surface area contributed by atoms with Gasteiger partial charge in [-0.05, 0) is 30.2 Å². The number of halogens is 2. The summed E-state index contributed by atoms with van der Waals surface area (Å²) in [5.74, 6) is 0. The molecule has 2 aromatic rings. The molecule has 0 spiro atoms. The maximum absolute atomic E-state index is 6.42. The summed E-state index contributed by atoms with van der Waals surface area (Å²) in [4.78, 5) is 4.37. The molecule has 0 aliphatic carbocycles. The summed E-state index contributed by atoms with van der Waals surface area (Å²) in [5.41, 5.74) is 3.30. The Morgan fingerprint density at radius 3 is 2.65 bits per heavy atom. The molecular weight excluding hydrogens is 298 g/mol. The summed E-state index contributed by atoms with van der Waals surface area (Å²) >= 11 is 9.93. The number of nitrogens with zero attached hydrogens (tertiary/aromatic N) is 1. The number of hydrogen-bond donors (Lipinski definition) is 0. The van der Waals surface area contributed by atoms with Crippen molar-refractivity contribution in [3.63, 3.8) is 0 Å². The van der Waals surface area contributed by atoms with E-state index >= 15 is 0 Å². The van der Waals surface area contributed by atoms with E-state index in [2.05, 4.69) is 27.0 Å². The maximum atomic E-state index is 6.42. The Labute approximate surface area is 115 Å². The molecule has 0 N–H and O–H groups in total. The Hall–Kier alpha value is -0.860. The van der Waals surface area contributed by atoms with Gasteiger partial charge in [0.25, 0.3) is 0 Å². The maximum Gasteiger partial charge on any atom is 0.0651 e. The van der Waals surface area contributed by atoms with Gasteiger partial charge in [0.05, 0.1) is 5.38 Å². The van der Waals surface area contributed by atoms with Crippen LogP contribution in [0.3, 0.4) is 0 Å². The molecule has 1 atom stereocenters. The SMILES string of the molecule is Cc1ccc(CC(Cl)c2ccccc2Br)nc1. The standard InChI is InChI=1S/C14H13BrClN/c1-10-6-7-11(17-9-10)8-14(16)12-4-2-3-5-13(12)15/h2-7,9,14H,8H2,1H3. The minimum Gasteiger partial charge on any atom is -0.261 e. The lowest BCUT2D eigenvalue weighted by Gasteiger charge is -2.11. The number of benzene rings is 1. The monoisotopic (exact) mass is 309 g/mol. The summed E-state index contributed by atoms with van der Waals surface area (Å²) in [6, 6.07) is 12.1. The van der Waals surface area contributed by atoms with Crippen LogP contribution < -0.4 is 0 Å². The smallest absolute Gasteiger partial charge is 0.0651 e. The van der Waals surface area contributed by atoms with E-state index in [1.165, 1.54) is 5.56 Å². The number of rotatable bonds is 3. The number of hydrogen-bond acceptors (Lipinski definition) is 1. The van der Waals surface area contributed by atoms with E-state index in [1.54, 1.807) is 0 Å². The summed E-state index contributed by atoms with van der Waals surface area (Å²) in [6.07, 6.45) is 2.61. The Morgan fingerprint density at radius 2 is 2.00 bits per heavy atom. The van der Waals surface area contributed by atoms with E-state index in [9.17, 15) is 0 Å². The van der Waals surface area contributed by atoms with Gasteiger partial charge in [-0.2, -0.15) is 0 Å². The highest BCUT2D eigenvalue weighted by Gasteiger charge is 2.12. The second-order valence-electron chi connectivity index (χ2n) is 4.02. The topological polar surface area (TPSA) is 12.9 Å². The highest BCUT2D eigenvalue weighted by atomic mass is 79.9. The molecule has 0 bridgehead atoms. The molecule has 1 heterocycles. The molecule has 17 heavy (non-hydrogen) atoms. The predicted octanol–water partition coefficient (Wildman–Crippen LogP) is 4.68. The van der Waals surface area contributed by atoms with Crippen LogP contribution in [0, 0.1) is 6.92 Å². The van der Waals surface area contributed by atoms with Gasteiger partial charge in [-0.1, -0.05) is 40.2 Å². The fourth-order valence-electron chi connectivity index (χ4n) is 1.64. The first-order valence-electron chi connectivity index (χ1n) is 5.47. The van der Waals surface area contributed by atoms with Crippen molar-refractivity contribution in [2.24, 2.45) is 0 Å². The van der Waals surface area contributed by atoms with E-state index in [1.807, 2.05) is 43.5 Å². The van der Waals surface area contributed by atoms with Gasteiger partial charge in [0.2, 0.25) is 0 Å². The molecule has 2 rings (SSSR count). The van der Waals surface area contributed by atoms with Crippen LogP contribution in [0.1, 0.15) is 22.2 Å². The summed E-state index contributed by atoms with van der Waals surface area (Å²) in [5, 5.41) is -0.0548. The van der Waals surface area contributed by atoms with E-state index in [0.29, 0.717) is 0 Å². The van der Waals surface area contributed by atoms with Gasteiger partial charge < -0.3 is 0 Å². The highest BCUT2D eigenvalue weighted by molar-refractivity contribution is 9.10. The Morgan fingerprint density at radius 1 is 1.24 bits per heavy atom. The molecule has 0 aliphatic rings. The highest BCUT2D eigenvalue weighted by Crippen LogP contribution is 2.30. The van der Waals surface area contributed by atoms with Crippen LogP contribution >= 0.6 is 27.5 Å². The van der Waals surface area contributed by atoms with Gasteiger partial charge in [0, 0.05) is 22.8 Å². The molecule has 1 aromatic heterocycles. The van der Waals surface area contributed by atoms with Crippen molar-refractivity contribution in [2.45, 2.75) is 18.7 Å². The minimum absolute atomic E-state index is 0.0548. The molecule has 0 fully saturated rings. The normalized spacial score (nSPS) is 12.4. The number of aromatic nitrogens is 1. The van der Waals surface area contributed by atoms with E-state index in [-0.39, 0.29) is 5.38 Å². The fraction of sp³-hybridized carbons (Fsp3) is 0.214. The average Bonchev–Trinajstić information content (AvgIpc) is 2.32. The molecule has 1 nitrogen and oxygen atoms in total. The van der Waals surface area contributed by atoms with Crippen molar-refractivity contribution in [1.82, 2.24) is 4.98 Å². The average molecular weight is 311 g/mol. The minimum atomic E-state index is -0.0548. The lowest BCUT2D eigenvalue weighted by atomic mass is 10.1. The zero-order valence-corrected chi connectivity index (χ0v) is 11.9. The van der Waals surface area contributed by atoms with Crippen molar-refractivity contribution in [1.29, 1.82) is 0 Å². The van der Waals surface area contributed by atoms with Gasteiger partial charge in [0.1, 0.15) is 0 Å². The summed E-state index contributed by atoms with van der Waals surface area (Å²) in [6.45, 7) is 2.03. The Balaban J connectivity index is 2.14. The second kappa shape index (κ2) is 5.65. The molecule has 1 unspecified atom stereocenters. The number of aryl methyl sites for hydroxylation is 1. The van der Waals surface area contributed by atoms with Crippen molar-refractivity contribution >= 4 is 27.5 Å². The first-order chi connectivity index (χ1) is 8.16. The van der Waals surface area contributed by atoms with Gasteiger partial charge >= 0.3 is 0 Å². The van der Waals surface area contributed by atoms with Crippen molar-refractivity contribution in [3.05, 3.63) is 63.9 Å². The second-order valence-corrected chi connectivity index (χ2v) is 5.40. The lowest BCUT2D eigenvalue weighted by molar-refractivity contribution is 0.875. The van der Waals surface area contributed by atoms with Crippen LogP contribution in [-0.4, -0.2) is 4.98 Å². The number of alkyl halides is 1. The van der Waals surface area contributed by atoms with Crippen LogP contribution in [0.4, 0.5) is 0 Å². The van der Waals surface area contributed by atoms with Gasteiger partial charge in [-0.15, -0.1) is 11.6 Å². The third kappa shape index (κ3) is 3.30. The van der Waals surface area contributed by atoms with Crippen LogP contribution in [0.5, 0.6) is 0 Å². The van der Waals surface area contributed by atoms with Gasteiger partial charge in [-0.25, -0.2) is 0 Å². The van der Waals surface area contributed by atoms with Crippen molar-refractivity contribution in [3.8, 4) is 0 Å². The van der Waals surface area contributed by atoms with E-state index < -0.39 is 0 Å². The third-order valence-electron chi connectivity index (χ3n) is 2.60. The summed E-state index contributed by atoms with van der Waals surface area (Å²) < 4.78 is 1.05. The Bertz CT molecular complexity index is 496. The third-order valence-corrected chi connectivity index (χ3v) is 3.72. The molecule has 0 saturated carbocycles. The van der Waals surface area contributed by atoms with Gasteiger partial charge in [-0.3, -0.25) is 4.98 Å². The first kappa shape index (κ1) is 12.6. The molecular formula is C14H13BrClN. The Kier molecular flexibility index (Phi) is 4.19. The van der Waals surface area contributed by atoms with E-state index in [4.69, 9.17) is 11.6 Å². The first-order valence-corrected chi connectivity index (χ1v) is 6.70. The zero-order chi connectivity index (χ0) is 12.3. The fourth-order valence-corrected chi connectivity index (χ4v) is 2.68. The zero-order valence-electron chi connectivity index (χ0n) is 9.53. The van der Waals surface area contributed by atoms with E-state index in [0.717, 1.165) is 22.2 Å². The van der Waals surface area contributed by atoms with Crippen LogP contribution in [0.15, 0.2) is 47.1 Å². The molecule has 0 radical (unpaired) electrons. The largest absolute Gasteiger partial charge is 0.261 e. The quantitative estimate of drug-likeness (QED) is 0.750. The molecule has 3 heteroatoms. The lowest BCUT2D eigenvalue weighted by Crippen LogP contribution is -1.99. The molecule has 0 saturated heterocycles. The van der Waals surface area contributed by atoms with Crippen molar-refractivity contribution < 1.29 is 0 Å². The summed E-state index contributed by atoms with van der Waals surface area (Å²) in [7, 11) is 0. The molecule has 1 aromatic carbocycles. The molecule has 88 valence electrons. The molecule has 0 amide bonds. The van der Waals surface area contributed by atoms with Crippen LogP contribution in [0.25, 0.3) is 0 Å².